The number of rotatable bonds is 6. The van der Waals surface area contributed by atoms with Gasteiger partial charge in [0, 0.05) is 6.07 Å². The number of carbonyl (C=O) groups excluding carboxylic acids is 1. The van der Waals surface area contributed by atoms with Crippen LogP contribution in [0.3, 0.4) is 0 Å². The maximum absolute atomic E-state index is 12.0. The maximum Gasteiger partial charge on any atom is 0.309 e. The van der Waals surface area contributed by atoms with Crippen LogP contribution in [0.5, 0.6) is 5.75 Å². The molecule has 2 aromatic rings. The quantitative estimate of drug-likeness (QED) is 0.767. The first-order valence-electron chi connectivity index (χ1n) is 7.67. The van der Waals surface area contributed by atoms with Crippen molar-refractivity contribution in [1.29, 1.82) is 0 Å². The Bertz CT molecular complexity index is 716. The molecule has 1 heterocycles. The molecule has 23 heavy (non-hydrogen) atoms. The predicted octanol–water partition coefficient (Wildman–Crippen LogP) is 3.06. The summed E-state index contributed by atoms with van der Waals surface area (Å²) in [7, 11) is 0. The smallest absolute Gasteiger partial charge is 0.309 e. The Kier molecular flexibility index (Phi) is 4.76. The normalized spacial score (nSPS) is 14.1. The van der Waals surface area contributed by atoms with E-state index < -0.39 is 0 Å². The highest BCUT2D eigenvalue weighted by Crippen LogP contribution is 2.27. The van der Waals surface area contributed by atoms with E-state index in [-0.39, 0.29) is 29.7 Å². The van der Waals surface area contributed by atoms with Crippen molar-refractivity contribution in [1.82, 2.24) is 0 Å². The maximum atomic E-state index is 12.0. The molecule has 1 saturated carbocycles. The Hall–Kier alpha value is -2.56. The highest BCUT2D eigenvalue weighted by Gasteiger charge is 2.26. The van der Waals surface area contributed by atoms with Crippen molar-refractivity contribution in [3.05, 3.63) is 64.2 Å². The Morgan fingerprint density at radius 3 is 2.61 bits per heavy atom. The Balaban J connectivity index is 1.55. The largest absolute Gasteiger partial charge is 0.482 e. The molecule has 1 aliphatic carbocycles. The lowest BCUT2D eigenvalue weighted by Crippen LogP contribution is -2.24. The van der Waals surface area contributed by atoms with Gasteiger partial charge in [0.15, 0.2) is 0 Å². The van der Waals surface area contributed by atoms with Crippen LogP contribution in [0, 0.1) is 5.92 Å². The van der Waals surface area contributed by atoms with E-state index in [0.29, 0.717) is 12.4 Å². The number of hydrogen-bond donors (Lipinski definition) is 0. The molecule has 0 N–H and O–H groups in total. The van der Waals surface area contributed by atoms with Gasteiger partial charge in [0.2, 0.25) is 11.2 Å². The Labute approximate surface area is 133 Å². The van der Waals surface area contributed by atoms with E-state index in [1.165, 1.54) is 12.3 Å². The third-order valence-corrected chi connectivity index (χ3v) is 3.88. The van der Waals surface area contributed by atoms with Gasteiger partial charge in [-0.05, 0) is 18.4 Å². The molecule has 0 radical (unpaired) electrons. The van der Waals surface area contributed by atoms with Crippen molar-refractivity contribution in [3.63, 3.8) is 0 Å². The second-order valence-electron chi connectivity index (χ2n) is 5.58. The van der Waals surface area contributed by atoms with Gasteiger partial charge in [-0.25, -0.2) is 0 Å². The zero-order chi connectivity index (χ0) is 16.1. The first kappa shape index (κ1) is 15.3. The Morgan fingerprint density at radius 1 is 1.17 bits per heavy atom. The van der Waals surface area contributed by atoms with E-state index in [0.717, 1.165) is 24.8 Å². The van der Waals surface area contributed by atoms with Crippen LogP contribution >= 0.6 is 0 Å². The molecule has 0 aliphatic heterocycles. The minimum atomic E-state index is -0.290. The molecule has 0 bridgehead atoms. The lowest BCUT2D eigenvalue weighted by molar-refractivity contribution is -0.153. The molecule has 1 aromatic heterocycles. The molecule has 0 saturated heterocycles. The lowest BCUT2D eigenvalue weighted by Gasteiger charge is -2.22. The van der Waals surface area contributed by atoms with Crippen molar-refractivity contribution in [3.8, 4) is 5.75 Å². The van der Waals surface area contributed by atoms with Gasteiger partial charge in [-0.2, -0.15) is 0 Å². The first-order valence-corrected chi connectivity index (χ1v) is 7.67. The highest BCUT2D eigenvalue weighted by atomic mass is 16.5. The zero-order valence-corrected chi connectivity index (χ0v) is 12.7. The van der Waals surface area contributed by atoms with Crippen LogP contribution in [0.4, 0.5) is 0 Å². The summed E-state index contributed by atoms with van der Waals surface area (Å²) in [6, 6.07) is 10.8. The van der Waals surface area contributed by atoms with Crippen LogP contribution in [0.15, 0.2) is 51.9 Å². The average molecular weight is 314 g/mol. The minimum absolute atomic E-state index is 0.00945. The summed E-state index contributed by atoms with van der Waals surface area (Å²) in [5.74, 6) is 0.246. The summed E-state index contributed by atoms with van der Waals surface area (Å²) in [4.78, 5) is 23.6. The number of esters is 1. The van der Waals surface area contributed by atoms with E-state index in [1.807, 2.05) is 30.3 Å². The van der Waals surface area contributed by atoms with E-state index >= 15 is 0 Å². The van der Waals surface area contributed by atoms with E-state index in [9.17, 15) is 9.59 Å². The topological polar surface area (TPSA) is 65.7 Å². The van der Waals surface area contributed by atoms with Gasteiger partial charge >= 0.3 is 5.97 Å². The van der Waals surface area contributed by atoms with Crippen molar-refractivity contribution in [2.24, 2.45) is 5.92 Å². The first-order chi connectivity index (χ1) is 11.2. The summed E-state index contributed by atoms with van der Waals surface area (Å²) in [6.07, 6.45) is 4.10. The van der Waals surface area contributed by atoms with Crippen molar-refractivity contribution in [2.45, 2.75) is 32.5 Å². The predicted molar refractivity (Wildman–Crippen MR) is 82.9 cm³/mol. The average Bonchev–Trinajstić information content (AvgIpc) is 2.51. The molecule has 120 valence electrons. The molecular formula is C18H18O5. The second kappa shape index (κ2) is 7.13. The molecule has 0 amide bonds. The van der Waals surface area contributed by atoms with Gasteiger partial charge < -0.3 is 13.9 Å². The van der Waals surface area contributed by atoms with Gasteiger partial charge in [0.05, 0.1) is 5.92 Å². The van der Waals surface area contributed by atoms with Crippen molar-refractivity contribution < 1.29 is 18.7 Å². The fourth-order valence-electron chi connectivity index (χ4n) is 2.26. The number of hydrogen-bond acceptors (Lipinski definition) is 5. The molecule has 1 fully saturated rings. The van der Waals surface area contributed by atoms with Crippen LogP contribution in [0.1, 0.15) is 30.6 Å². The summed E-state index contributed by atoms with van der Waals surface area (Å²) in [6.45, 7) is 0.269. The van der Waals surface area contributed by atoms with Gasteiger partial charge in [-0.15, -0.1) is 0 Å². The monoisotopic (exact) mass is 314 g/mol. The molecule has 5 nitrogen and oxygen atoms in total. The third-order valence-electron chi connectivity index (χ3n) is 3.88. The molecule has 0 spiro atoms. The molecule has 0 atom stereocenters. The number of ether oxygens (including phenoxy) is 2. The third kappa shape index (κ3) is 4.00. The fourth-order valence-corrected chi connectivity index (χ4v) is 2.26. The van der Waals surface area contributed by atoms with Gasteiger partial charge in [-0.3, -0.25) is 9.59 Å². The van der Waals surface area contributed by atoms with Crippen LogP contribution < -0.4 is 10.2 Å². The summed E-state index contributed by atoms with van der Waals surface area (Å²) in [5, 5.41) is 0. The van der Waals surface area contributed by atoms with E-state index in [2.05, 4.69) is 0 Å². The second-order valence-corrected chi connectivity index (χ2v) is 5.58. The molecule has 0 unspecified atom stereocenters. The zero-order valence-electron chi connectivity index (χ0n) is 12.7. The number of benzene rings is 1. The van der Waals surface area contributed by atoms with Crippen LogP contribution in [-0.4, -0.2) is 5.97 Å². The molecule has 5 heteroatoms. The van der Waals surface area contributed by atoms with E-state index in [1.54, 1.807) is 0 Å². The standard InChI is InChI=1S/C18H18O5/c19-16-9-15(11-23-18(20)14-7-4-8-14)21-12-17(16)22-10-13-5-2-1-3-6-13/h1-3,5-6,9,12,14H,4,7-8,10-11H2. The molecule has 1 aliphatic rings. The highest BCUT2D eigenvalue weighted by molar-refractivity contribution is 5.73. The van der Waals surface area contributed by atoms with Gasteiger partial charge in [0.25, 0.3) is 0 Å². The number of carbonyl (C=O) groups is 1. The minimum Gasteiger partial charge on any atom is -0.482 e. The Morgan fingerprint density at radius 2 is 1.96 bits per heavy atom. The van der Waals surface area contributed by atoms with E-state index in [4.69, 9.17) is 13.9 Å². The summed E-state index contributed by atoms with van der Waals surface area (Å²) >= 11 is 0. The molecule has 1 aromatic carbocycles. The fraction of sp³-hybridized carbons (Fsp3) is 0.333. The van der Waals surface area contributed by atoms with Gasteiger partial charge in [0.1, 0.15) is 25.2 Å². The lowest BCUT2D eigenvalue weighted by atomic mass is 9.86. The van der Waals surface area contributed by atoms with Crippen LogP contribution in [0.25, 0.3) is 0 Å². The molecule has 3 rings (SSSR count). The molecular weight excluding hydrogens is 296 g/mol. The van der Waals surface area contributed by atoms with Gasteiger partial charge in [-0.1, -0.05) is 36.8 Å². The van der Waals surface area contributed by atoms with Crippen LogP contribution in [-0.2, 0) is 22.7 Å². The SMILES string of the molecule is O=C(OCc1cc(=O)c(OCc2ccccc2)co1)C1CCC1. The van der Waals surface area contributed by atoms with Crippen LogP contribution in [0.2, 0.25) is 0 Å². The van der Waals surface area contributed by atoms with Crippen molar-refractivity contribution >= 4 is 5.97 Å². The van der Waals surface area contributed by atoms with Crippen molar-refractivity contribution in [2.75, 3.05) is 0 Å². The summed E-state index contributed by atoms with van der Waals surface area (Å²) < 4.78 is 15.9. The summed E-state index contributed by atoms with van der Waals surface area (Å²) in [5.41, 5.74) is 0.673.